The quantitative estimate of drug-likeness (QED) is 0.741. The molecule has 0 bridgehead atoms. The molecule has 0 aromatic carbocycles. The molecule has 0 aliphatic rings. The van der Waals surface area contributed by atoms with Crippen LogP contribution in [0.1, 0.15) is 10.5 Å². The molecule has 0 saturated carbocycles. The Bertz CT molecular complexity index is 228. The van der Waals surface area contributed by atoms with E-state index in [0.29, 0.717) is 5.69 Å². The van der Waals surface area contributed by atoms with Crippen molar-refractivity contribution >= 4 is 30.6 Å². The molecule has 12 heavy (non-hydrogen) atoms. The Hall–Kier alpha value is -0.640. The number of hydrogen-bond donors (Lipinski definition) is 1. The van der Waals surface area contributed by atoms with Crippen LogP contribution in [0.15, 0.2) is 24.4 Å². The minimum absolute atomic E-state index is 0. The molecular formula is C7H10Cl2N2O. The van der Waals surface area contributed by atoms with Gasteiger partial charge in [-0.3, -0.25) is 9.78 Å². The monoisotopic (exact) mass is 208 g/mol. The van der Waals surface area contributed by atoms with Gasteiger partial charge in [-0.2, -0.15) is 0 Å². The molecule has 68 valence electrons. The van der Waals surface area contributed by atoms with Gasteiger partial charge in [0.1, 0.15) is 5.69 Å². The number of nitrogens with zero attached hydrogens (tertiary/aromatic N) is 1. The fourth-order valence-corrected chi connectivity index (χ4v) is 0.632. The van der Waals surface area contributed by atoms with Crippen LogP contribution in [0.4, 0.5) is 0 Å². The highest BCUT2D eigenvalue weighted by atomic mass is 35.5. The molecule has 0 saturated heterocycles. The number of Topliss-reactive ketones (excluding diaryl/α,β-unsaturated/α-hetero) is 1. The summed E-state index contributed by atoms with van der Waals surface area (Å²) in [6.45, 7) is 0.0248. The topological polar surface area (TPSA) is 56.0 Å². The number of aromatic nitrogens is 1. The number of carbonyl (C=O) groups excluding carboxylic acids is 1. The molecule has 0 unspecified atom stereocenters. The van der Waals surface area contributed by atoms with Crippen molar-refractivity contribution in [1.29, 1.82) is 0 Å². The number of halogens is 2. The summed E-state index contributed by atoms with van der Waals surface area (Å²) in [4.78, 5) is 14.6. The lowest BCUT2D eigenvalue weighted by atomic mass is 10.2. The van der Waals surface area contributed by atoms with Crippen LogP contribution >= 0.6 is 24.8 Å². The van der Waals surface area contributed by atoms with Gasteiger partial charge >= 0.3 is 0 Å². The van der Waals surface area contributed by atoms with Crippen molar-refractivity contribution in [3.8, 4) is 0 Å². The van der Waals surface area contributed by atoms with E-state index in [1.165, 1.54) is 0 Å². The average Bonchev–Trinajstić information content (AvgIpc) is 2.05. The van der Waals surface area contributed by atoms with E-state index in [4.69, 9.17) is 5.73 Å². The van der Waals surface area contributed by atoms with Crippen molar-refractivity contribution < 1.29 is 4.79 Å². The van der Waals surface area contributed by atoms with Gasteiger partial charge in [0.25, 0.3) is 0 Å². The molecule has 0 spiro atoms. The second kappa shape index (κ2) is 7.03. The summed E-state index contributed by atoms with van der Waals surface area (Å²) in [5, 5.41) is 0. The van der Waals surface area contributed by atoms with Crippen LogP contribution in [-0.4, -0.2) is 17.3 Å². The van der Waals surface area contributed by atoms with Crippen molar-refractivity contribution in [3.63, 3.8) is 0 Å². The Morgan fingerprint density at radius 3 is 2.50 bits per heavy atom. The highest BCUT2D eigenvalue weighted by Crippen LogP contribution is 1.92. The number of ketones is 1. The van der Waals surface area contributed by atoms with Gasteiger partial charge < -0.3 is 5.73 Å². The lowest BCUT2D eigenvalue weighted by Crippen LogP contribution is -2.14. The maximum Gasteiger partial charge on any atom is 0.194 e. The first-order valence-electron chi connectivity index (χ1n) is 2.99. The van der Waals surface area contributed by atoms with E-state index in [2.05, 4.69) is 4.98 Å². The summed E-state index contributed by atoms with van der Waals surface area (Å²) in [5.41, 5.74) is 5.55. The zero-order valence-electron chi connectivity index (χ0n) is 6.27. The SMILES string of the molecule is Cl.Cl.NCC(=O)c1ccccn1. The van der Waals surface area contributed by atoms with E-state index in [0.717, 1.165) is 0 Å². The molecule has 3 nitrogen and oxygen atoms in total. The van der Waals surface area contributed by atoms with Crippen molar-refractivity contribution in [2.45, 2.75) is 0 Å². The Morgan fingerprint density at radius 2 is 2.08 bits per heavy atom. The van der Waals surface area contributed by atoms with Gasteiger partial charge in [0.2, 0.25) is 0 Å². The van der Waals surface area contributed by atoms with Crippen LogP contribution in [0.25, 0.3) is 0 Å². The van der Waals surface area contributed by atoms with Gasteiger partial charge in [0.15, 0.2) is 5.78 Å². The third-order valence-corrected chi connectivity index (χ3v) is 1.14. The summed E-state index contributed by atoms with van der Waals surface area (Å²) in [5.74, 6) is -0.124. The summed E-state index contributed by atoms with van der Waals surface area (Å²) in [7, 11) is 0. The second-order valence-electron chi connectivity index (χ2n) is 1.84. The number of nitrogens with two attached hydrogens (primary N) is 1. The lowest BCUT2D eigenvalue weighted by Gasteiger charge is -1.92. The van der Waals surface area contributed by atoms with E-state index in [9.17, 15) is 4.79 Å². The maximum absolute atomic E-state index is 10.8. The number of hydrogen-bond acceptors (Lipinski definition) is 3. The van der Waals surface area contributed by atoms with E-state index in [-0.39, 0.29) is 37.1 Å². The van der Waals surface area contributed by atoms with Crippen molar-refractivity contribution in [2.75, 3.05) is 6.54 Å². The van der Waals surface area contributed by atoms with E-state index in [1.54, 1.807) is 24.4 Å². The minimum Gasteiger partial charge on any atom is -0.324 e. The molecule has 0 amide bonds. The van der Waals surface area contributed by atoms with Crippen LogP contribution in [0.3, 0.4) is 0 Å². The molecular weight excluding hydrogens is 199 g/mol. The number of rotatable bonds is 2. The molecule has 0 radical (unpaired) electrons. The van der Waals surface area contributed by atoms with Crippen molar-refractivity contribution in [3.05, 3.63) is 30.1 Å². The van der Waals surface area contributed by atoms with E-state index in [1.807, 2.05) is 0 Å². The molecule has 0 atom stereocenters. The smallest absolute Gasteiger partial charge is 0.194 e. The molecule has 0 fully saturated rings. The zero-order chi connectivity index (χ0) is 7.40. The Kier molecular flexibility index (Phi) is 8.16. The molecule has 5 heteroatoms. The van der Waals surface area contributed by atoms with Crippen LogP contribution < -0.4 is 5.73 Å². The average molecular weight is 209 g/mol. The highest BCUT2D eigenvalue weighted by Gasteiger charge is 2.00. The normalized spacial score (nSPS) is 7.75. The van der Waals surface area contributed by atoms with Crippen LogP contribution in [0.2, 0.25) is 0 Å². The first-order chi connectivity index (χ1) is 4.84. The largest absolute Gasteiger partial charge is 0.324 e. The van der Waals surface area contributed by atoms with Crippen LogP contribution in [-0.2, 0) is 0 Å². The van der Waals surface area contributed by atoms with Gasteiger partial charge in [0, 0.05) is 6.20 Å². The predicted octanol–water partition coefficient (Wildman–Crippen LogP) is 1.07. The van der Waals surface area contributed by atoms with Gasteiger partial charge in [-0.25, -0.2) is 0 Å². The Morgan fingerprint density at radius 1 is 1.42 bits per heavy atom. The molecule has 1 aromatic heterocycles. The summed E-state index contributed by atoms with van der Waals surface area (Å²) >= 11 is 0. The van der Waals surface area contributed by atoms with Crippen molar-refractivity contribution in [2.24, 2.45) is 5.73 Å². The van der Waals surface area contributed by atoms with Gasteiger partial charge in [-0.15, -0.1) is 24.8 Å². The minimum atomic E-state index is -0.124. The second-order valence-corrected chi connectivity index (χ2v) is 1.84. The number of carbonyl (C=O) groups is 1. The Balaban J connectivity index is 0. The van der Waals surface area contributed by atoms with E-state index < -0.39 is 0 Å². The summed E-state index contributed by atoms with van der Waals surface area (Å²) in [6.07, 6.45) is 1.57. The molecule has 1 aromatic rings. The molecule has 2 N–H and O–H groups in total. The van der Waals surface area contributed by atoms with Crippen LogP contribution in [0, 0.1) is 0 Å². The number of pyridine rings is 1. The highest BCUT2D eigenvalue weighted by molar-refractivity contribution is 5.95. The van der Waals surface area contributed by atoms with Gasteiger partial charge in [0.05, 0.1) is 6.54 Å². The maximum atomic E-state index is 10.8. The lowest BCUT2D eigenvalue weighted by molar-refractivity contribution is 0.0996. The first-order valence-corrected chi connectivity index (χ1v) is 2.99. The zero-order valence-corrected chi connectivity index (χ0v) is 7.90. The molecule has 1 heterocycles. The van der Waals surface area contributed by atoms with Gasteiger partial charge in [-0.1, -0.05) is 6.07 Å². The third kappa shape index (κ3) is 3.67. The summed E-state index contributed by atoms with van der Waals surface area (Å²) < 4.78 is 0. The molecule has 0 aliphatic heterocycles. The Labute approximate surface area is 83.2 Å². The standard InChI is InChI=1S/C7H8N2O.2ClH/c8-5-7(10)6-3-1-2-4-9-6;;/h1-4H,5,8H2;2*1H. The van der Waals surface area contributed by atoms with Crippen molar-refractivity contribution in [1.82, 2.24) is 4.98 Å². The van der Waals surface area contributed by atoms with Gasteiger partial charge in [-0.05, 0) is 12.1 Å². The van der Waals surface area contributed by atoms with E-state index >= 15 is 0 Å². The third-order valence-electron chi connectivity index (χ3n) is 1.14. The fraction of sp³-hybridized carbons (Fsp3) is 0.143. The summed E-state index contributed by atoms with van der Waals surface area (Å²) in [6, 6.07) is 5.17. The molecule has 0 aliphatic carbocycles. The first kappa shape index (κ1) is 13.9. The van der Waals surface area contributed by atoms with Crippen LogP contribution in [0.5, 0.6) is 0 Å². The predicted molar refractivity (Wildman–Crippen MR) is 52.1 cm³/mol. The molecule has 1 rings (SSSR count). The fourth-order valence-electron chi connectivity index (χ4n) is 0.632.